The van der Waals surface area contributed by atoms with E-state index in [1.807, 2.05) is 6.92 Å². The molecule has 1 aliphatic rings. The van der Waals surface area contributed by atoms with Gasteiger partial charge in [-0.25, -0.2) is 9.78 Å². The lowest BCUT2D eigenvalue weighted by atomic mass is 10.2. The summed E-state index contributed by atoms with van der Waals surface area (Å²) >= 11 is 0. The summed E-state index contributed by atoms with van der Waals surface area (Å²) in [6.07, 6.45) is 0. The molecule has 2 aromatic heterocycles. The fourth-order valence-corrected chi connectivity index (χ4v) is 2.52. The Hall–Kier alpha value is -2.48. The van der Waals surface area contributed by atoms with Crippen molar-refractivity contribution in [2.24, 2.45) is 7.05 Å². The number of hydrogen-bond acceptors (Lipinski definition) is 5. The Kier molecular flexibility index (Phi) is 3.53. The van der Waals surface area contributed by atoms with Gasteiger partial charge in [-0.3, -0.25) is 19.1 Å². The molecule has 1 aliphatic heterocycles. The minimum atomic E-state index is -0.561. The highest BCUT2D eigenvalue weighted by molar-refractivity contribution is 5.94. The predicted molar refractivity (Wildman–Crippen MR) is 78.9 cm³/mol. The summed E-state index contributed by atoms with van der Waals surface area (Å²) in [5.74, 6) is -0.231. The quantitative estimate of drug-likeness (QED) is 0.765. The predicted octanol–water partition coefficient (Wildman–Crippen LogP) is -0.517. The van der Waals surface area contributed by atoms with E-state index >= 15 is 0 Å². The van der Waals surface area contributed by atoms with Crippen molar-refractivity contribution in [1.82, 2.24) is 19.4 Å². The number of H-pyrrole nitrogens is 1. The Bertz CT molecular complexity index is 854. The van der Waals surface area contributed by atoms with Crippen molar-refractivity contribution >= 4 is 16.9 Å². The van der Waals surface area contributed by atoms with Gasteiger partial charge < -0.3 is 9.64 Å². The topological polar surface area (TPSA) is 97.3 Å². The van der Waals surface area contributed by atoms with E-state index in [1.54, 1.807) is 4.90 Å². The lowest BCUT2D eigenvalue weighted by Crippen LogP contribution is -2.47. The van der Waals surface area contributed by atoms with Gasteiger partial charge in [-0.2, -0.15) is 0 Å². The zero-order chi connectivity index (χ0) is 15.9. The SMILES string of the molecule is C[C@H]1COCCN1C(=O)c1ccc2c(=O)[nH]c(=O)n(C)c2n1. The summed E-state index contributed by atoms with van der Waals surface area (Å²) in [5.41, 5.74) is -0.666. The number of rotatable bonds is 1. The number of hydrogen-bond donors (Lipinski definition) is 1. The molecule has 1 N–H and O–H groups in total. The van der Waals surface area contributed by atoms with Crippen LogP contribution in [0.4, 0.5) is 0 Å². The summed E-state index contributed by atoms with van der Waals surface area (Å²) in [7, 11) is 1.50. The Balaban J connectivity index is 2.08. The van der Waals surface area contributed by atoms with Gasteiger partial charge in [0.25, 0.3) is 11.5 Å². The highest BCUT2D eigenvalue weighted by Crippen LogP contribution is 2.13. The number of pyridine rings is 1. The van der Waals surface area contributed by atoms with Crippen molar-refractivity contribution in [2.45, 2.75) is 13.0 Å². The molecule has 1 amide bonds. The third-order valence-corrected chi connectivity index (χ3v) is 3.81. The van der Waals surface area contributed by atoms with Crippen LogP contribution in [0.2, 0.25) is 0 Å². The van der Waals surface area contributed by atoms with Gasteiger partial charge in [0.15, 0.2) is 0 Å². The van der Waals surface area contributed by atoms with Crippen molar-refractivity contribution < 1.29 is 9.53 Å². The second kappa shape index (κ2) is 5.38. The van der Waals surface area contributed by atoms with Gasteiger partial charge in [-0.15, -0.1) is 0 Å². The molecule has 0 aliphatic carbocycles. The van der Waals surface area contributed by atoms with Crippen LogP contribution in [0.3, 0.4) is 0 Å². The number of amides is 1. The van der Waals surface area contributed by atoms with Crippen LogP contribution in [0.5, 0.6) is 0 Å². The number of morpholine rings is 1. The molecular weight excluding hydrogens is 288 g/mol. The van der Waals surface area contributed by atoms with Crippen molar-refractivity contribution in [1.29, 1.82) is 0 Å². The monoisotopic (exact) mass is 304 g/mol. The average Bonchev–Trinajstić information content (AvgIpc) is 2.52. The van der Waals surface area contributed by atoms with Crippen LogP contribution in [0.15, 0.2) is 21.7 Å². The molecule has 0 saturated carbocycles. The Labute approximate surface area is 125 Å². The summed E-state index contributed by atoms with van der Waals surface area (Å²) in [6.45, 7) is 3.37. The van der Waals surface area contributed by atoms with E-state index in [0.717, 1.165) is 0 Å². The molecule has 8 nitrogen and oxygen atoms in total. The fraction of sp³-hybridized carbons (Fsp3) is 0.429. The van der Waals surface area contributed by atoms with Crippen LogP contribution >= 0.6 is 0 Å². The van der Waals surface area contributed by atoms with Crippen molar-refractivity contribution in [3.8, 4) is 0 Å². The molecule has 0 radical (unpaired) electrons. The third kappa shape index (κ3) is 2.31. The lowest BCUT2D eigenvalue weighted by Gasteiger charge is -2.33. The number of nitrogens with one attached hydrogen (secondary N) is 1. The summed E-state index contributed by atoms with van der Waals surface area (Å²) in [6, 6.07) is 2.98. The molecule has 1 saturated heterocycles. The first kappa shape index (κ1) is 14.5. The molecule has 1 atom stereocenters. The zero-order valence-corrected chi connectivity index (χ0v) is 12.3. The molecule has 1 fully saturated rings. The van der Waals surface area contributed by atoms with Gasteiger partial charge in [-0.05, 0) is 19.1 Å². The number of ether oxygens (including phenoxy) is 1. The van der Waals surface area contributed by atoms with E-state index in [-0.39, 0.29) is 28.7 Å². The van der Waals surface area contributed by atoms with Gasteiger partial charge in [-0.1, -0.05) is 0 Å². The highest BCUT2D eigenvalue weighted by Gasteiger charge is 2.26. The summed E-state index contributed by atoms with van der Waals surface area (Å²) in [5, 5.41) is 0.272. The molecular formula is C14H16N4O4. The van der Waals surface area contributed by atoms with Crippen molar-refractivity contribution in [2.75, 3.05) is 19.8 Å². The molecule has 116 valence electrons. The van der Waals surface area contributed by atoms with Gasteiger partial charge >= 0.3 is 5.69 Å². The molecule has 8 heteroatoms. The second-order valence-electron chi connectivity index (χ2n) is 5.31. The second-order valence-corrected chi connectivity index (χ2v) is 5.31. The summed E-state index contributed by atoms with van der Waals surface area (Å²) < 4.78 is 6.53. The van der Waals surface area contributed by atoms with E-state index in [1.165, 1.54) is 23.7 Å². The highest BCUT2D eigenvalue weighted by atomic mass is 16.5. The minimum Gasteiger partial charge on any atom is -0.377 e. The largest absolute Gasteiger partial charge is 0.377 e. The number of aryl methyl sites for hydroxylation is 1. The van der Waals surface area contributed by atoms with Gasteiger partial charge in [0, 0.05) is 13.6 Å². The maximum atomic E-state index is 12.6. The van der Waals surface area contributed by atoms with Gasteiger partial charge in [0.2, 0.25) is 0 Å². The van der Waals surface area contributed by atoms with E-state index in [2.05, 4.69) is 9.97 Å². The van der Waals surface area contributed by atoms with Crippen molar-refractivity contribution in [3.05, 3.63) is 38.7 Å². The molecule has 3 rings (SSSR count). The molecule has 22 heavy (non-hydrogen) atoms. The first-order valence-corrected chi connectivity index (χ1v) is 6.98. The van der Waals surface area contributed by atoms with Crippen LogP contribution < -0.4 is 11.2 Å². The molecule has 0 aromatic carbocycles. The zero-order valence-electron chi connectivity index (χ0n) is 12.3. The Morgan fingerprint density at radius 1 is 1.41 bits per heavy atom. The molecule has 0 spiro atoms. The number of aromatic nitrogens is 3. The van der Waals surface area contributed by atoms with Crippen LogP contribution in [-0.4, -0.2) is 51.1 Å². The standard InChI is InChI=1S/C14H16N4O4/c1-8-7-22-6-5-18(8)13(20)10-4-3-9-11(15-10)17(2)14(21)16-12(9)19/h3-4,8H,5-7H2,1-2H3,(H,16,19,21)/t8-/m0/s1. The first-order chi connectivity index (χ1) is 10.5. The van der Waals surface area contributed by atoms with Gasteiger partial charge in [0.1, 0.15) is 11.3 Å². The van der Waals surface area contributed by atoms with E-state index in [4.69, 9.17) is 4.74 Å². The summed E-state index contributed by atoms with van der Waals surface area (Å²) in [4.78, 5) is 44.1. The number of fused-ring (bicyclic) bond motifs is 1. The van der Waals surface area contributed by atoms with Gasteiger partial charge in [0.05, 0.1) is 24.6 Å². The van der Waals surface area contributed by atoms with E-state index in [9.17, 15) is 14.4 Å². The number of carbonyl (C=O) groups is 1. The van der Waals surface area contributed by atoms with E-state index in [0.29, 0.717) is 19.8 Å². The molecule has 3 heterocycles. The number of aromatic amines is 1. The Morgan fingerprint density at radius 3 is 2.91 bits per heavy atom. The van der Waals surface area contributed by atoms with Crippen LogP contribution in [0.25, 0.3) is 11.0 Å². The smallest absolute Gasteiger partial charge is 0.329 e. The normalized spacial score (nSPS) is 18.6. The lowest BCUT2D eigenvalue weighted by molar-refractivity contribution is 0.00329. The van der Waals surface area contributed by atoms with E-state index < -0.39 is 11.2 Å². The third-order valence-electron chi connectivity index (χ3n) is 3.81. The molecule has 0 unspecified atom stereocenters. The van der Waals surface area contributed by atoms with Crippen LogP contribution in [-0.2, 0) is 11.8 Å². The van der Waals surface area contributed by atoms with Crippen LogP contribution in [0, 0.1) is 0 Å². The molecule has 2 aromatic rings. The maximum Gasteiger partial charge on any atom is 0.329 e. The fourth-order valence-electron chi connectivity index (χ4n) is 2.52. The maximum absolute atomic E-state index is 12.6. The minimum absolute atomic E-state index is 0.0401. The number of nitrogens with zero attached hydrogens (tertiary/aromatic N) is 3. The average molecular weight is 304 g/mol. The first-order valence-electron chi connectivity index (χ1n) is 6.98. The molecule has 0 bridgehead atoms. The van der Waals surface area contributed by atoms with Crippen molar-refractivity contribution in [3.63, 3.8) is 0 Å². The van der Waals surface area contributed by atoms with Crippen LogP contribution in [0.1, 0.15) is 17.4 Å². The Morgan fingerprint density at radius 2 is 2.18 bits per heavy atom. The number of carbonyl (C=O) groups excluding carboxylic acids is 1.